The molecule has 0 saturated carbocycles. The van der Waals surface area contributed by atoms with Gasteiger partial charge in [-0.05, 0) is 83.7 Å². The summed E-state index contributed by atoms with van der Waals surface area (Å²) < 4.78 is 0. The van der Waals surface area contributed by atoms with Crippen LogP contribution in [-0.4, -0.2) is 5.78 Å². The molecule has 3 aliphatic carbocycles. The molecule has 7 rings (SSSR count). The Kier molecular flexibility index (Phi) is 8.13. The van der Waals surface area contributed by atoms with E-state index in [9.17, 15) is 4.79 Å². The second-order valence-corrected chi connectivity index (χ2v) is 12.9. The molecular weight excluding hydrogens is 556 g/mol. The van der Waals surface area contributed by atoms with Gasteiger partial charge in [-0.15, -0.1) is 0 Å². The van der Waals surface area contributed by atoms with Gasteiger partial charge in [0.15, 0.2) is 5.78 Å². The van der Waals surface area contributed by atoms with Gasteiger partial charge >= 0.3 is 0 Å². The van der Waals surface area contributed by atoms with Crippen LogP contribution in [0.1, 0.15) is 54.5 Å². The fraction of sp³-hybridized carbons (Fsp3) is 0.178. The summed E-state index contributed by atoms with van der Waals surface area (Å²) in [5, 5.41) is 0. The number of ketones is 1. The Morgan fingerprint density at radius 1 is 0.587 bits per heavy atom. The fourth-order valence-electron chi connectivity index (χ4n) is 7.10. The van der Waals surface area contributed by atoms with E-state index in [2.05, 4.69) is 111 Å². The normalized spacial score (nSPS) is 23.9. The minimum atomic E-state index is -0.510. The molecule has 1 heteroatoms. The Morgan fingerprint density at radius 2 is 1.17 bits per heavy atom. The van der Waals surface area contributed by atoms with Crippen LogP contribution in [0.4, 0.5) is 0 Å². The van der Waals surface area contributed by atoms with Gasteiger partial charge in [0.1, 0.15) is 0 Å². The third kappa shape index (κ3) is 5.80. The quantitative estimate of drug-likeness (QED) is 0.170. The van der Waals surface area contributed by atoms with Crippen molar-refractivity contribution in [2.45, 2.75) is 26.7 Å². The monoisotopic (exact) mass is 594 g/mol. The molecule has 4 aromatic rings. The molecule has 0 fully saturated rings. The lowest BCUT2D eigenvalue weighted by Crippen LogP contribution is -2.16. The summed E-state index contributed by atoms with van der Waals surface area (Å²) in [6.07, 6.45) is 16.6. The molecule has 3 aliphatic rings. The molecule has 0 N–H and O–H groups in total. The Bertz CT molecular complexity index is 1980. The second-order valence-electron chi connectivity index (χ2n) is 12.9. The van der Waals surface area contributed by atoms with Crippen LogP contribution in [0.3, 0.4) is 0 Å². The van der Waals surface area contributed by atoms with Gasteiger partial charge in [0.05, 0.1) is 0 Å². The molecular formula is C45H38O. The van der Waals surface area contributed by atoms with Crippen LogP contribution in [-0.2, 0) is 4.79 Å². The van der Waals surface area contributed by atoms with Crippen LogP contribution in [0.25, 0.3) is 16.7 Å². The third-order valence-electron chi connectivity index (χ3n) is 9.61. The van der Waals surface area contributed by atoms with Crippen LogP contribution in [0.2, 0.25) is 0 Å². The smallest absolute Gasteiger partial charge is 0.195 e. The molecule has 1 nitrogen and oxygen atoms in total. The van der Waals surface area contributed by atoms with E-state index < -0.39 is 5.41 Å². The van der Waals surface area contributed by atoms with Gasteiger partial charge in [0.25, 0.3) is 0 Å². The van der Waals surface area contributed by atoms with E-state index in [-0.39, 0.29) is 5.78 Å². The molecule has 4 unspecified atom stereocenters. The SMILES string of the molecule is CC1C=CC2C=CC(C)(C3=C(c4ccccc4)C(=O)C(c4ccccc4)=C3c3cccc(C#Cc4ccccc4)c3)C=CC2CC1. The number of allylic oxidation sites excluding steroid dienone is 10. The summed E-state index contributed by atoms with van der Waals surface area (Å²) in [5.41, 5.74) is 7.82. The maximum atomic E-state index is 14.9. The molecule has 0 aromatic heterocycles. The molecule has 224 valence electrons. The molecule has 0 saturated heterocycles. The zero-order valence-corrected chi connectivity index (χ0v) is 26.5. The van der Waals surface area contributed by atoms with Gasteiger partial charge in [-0.1, -0.05) is 146 Å². The van der Waals surface area contributed by atoms with Crippen molar-refractivity contribution in [2.75, 3.05) is 0 Å². The lowest BCUT2D eigenvalue weighted by Gasteiger charge is -2.28. The van der Waals surface area contributed by atoms with Gasteiger partial charge in [0, 0.05) is 33.6 Å². The standard InChI is InChI=1S/C45H38O/c1-32-21-25-35-27-29-45(2,30-28-36(35)26-22-32)43-40(39-20-12-15-34(31-39)24-23-33-13-6-3-7-14-33)41(37-16-8-4-9-17-37)44(46)42(43)38-18-10-5-11-19-38/h3-21,25,27-32,35-36H,22,26H2,1-2H3. The van der Waals surface area contributed by atoms with Crippen molar-refractivity contribution in [3.63, 3.8) is 0 Å². The van der Waals surface area contributed by atoms with Gasteiger partial charge in [0.2, 0.25) is 0 Å². The predicted octanol–water partition coefficient (Wildman–Crippen LogP) is 10.4. The highest BCUT2D eigenvalue weighted by Crippen LogP contribution is 2.54. The van der Waals surface area contributed by atoms with E-state index in [4.69, 9.17) is 0 Å². The molecule has 0 amide bonds. The fourth-order valence-corrected chi connectivity index (χ4v) is 7.10. The zero-order chi connectivity index (χ0) is 31.5. The topological polar surface area (TPSA) is 17.1 Å². The number of benzene rings is 4. The van der Waals surface area contributed by atoms with E-state index in [0.717, 1.165) is 56.5 Å². The molecule has 0 spiro atoms. The second kappa shape index (κ2) is 12.7. The van der Waals surface area contributed by atoms with Crippen molar-refractivity contribution in [3.8, 4) is 11.8 Å². The highest BCUT2D eigenvalue weighted by Gasteiger charge is 2.42. The van der Waals surface area contributed by atoms with Crippen molar-refractivity contribution < 1.29 is 4.79 Å². The number of hydrogen-bond acceptors (Lipinski definition) is 1. The molecule has 0 radical (unpaired) electrons. The van der Waals surface area contributed by atoms with Crippen molar-refractivity contribution in [3.05, 3.63) is 185 Å². The molecule has 0 aliphatic heterocycles. The van der Waals surface area contributed by atoms with Gasteiger partial charge in [-0.3, -0.25) is 4.79 Å². The average Bonchev–Trinajstić information content (AvgIpc) is 3.18. The number of hydrogen-bond donors (Lipinski definition) is 0. The number of Topliss-reactive ketones (excluding diaryl/α,β-unsaturated/α-hetero) is 1. The van der Waals surface area contributed by atoms with Crippen LogP contribution < -0.4 is 0 Å². The van der Waals surface area contributed by atoms with Crippen molar-refractivity contribution >= 4 is 22.5 Å². The molecule has 4 aromatic carbocycles. The largest absolute Gasteiger partial charge is 0.289 e. The first kappa shape index (κ1) is 29.5. The minimum Gasteiger partial charge on any atom is -0.289 e. The summed E-state index contributed by atoms with van der Waals surface area (Å²) in [4.78, 5) is 14.9. The number of rotatable bonds is 4. The number of carbonyl (C=O) groups is 1. The third-order valence-corrected chi connectivity index (χ3v) is 9.61. The first-order chi connectivity index (χ1) is 22.5. The summed E-state index contributed by atoms with van der Waals surface area (Å²) in [6.45, 7) is 4.58. The van der Waals surface area contributed by atoms with E-state index in [0.29, 0.717) is 17.8 Å². The van der Waals surface area contributed by atoms with E-state index in [1.807, 2.05) is 66.7 Å². The molecule has 46 heavy (non-hydrogen) atoms. The van der Waals surface area contributed by atoms with E-state index >= 15 is 0 Å². The Labute approximate surface area is 273 Å². The summed E-state index contributed by atoms with van der Waals surface area (Å²) in [7, 11) is 0. The highest BCUT2D eigenvalue weighted by atomic mass is 16.1. The maximum Gasteiger partial charge on any atom is 0.195 e. The van der Waals surface area contributed by atoms with Crippen molar-refractivity contribution in [1.82, 2.24) is 0 Å². The summed E-state index contributed by atoms with van der Waals surface area (Å²) in [5.74, 6) is 8.15. The minimum absolute atomic E-state index is 0.0679. The first-order valence-corrected chi connectivity index (χ1v) is 16.4. The predicted molar refractivity (Wildman–Crippen MR) is 191 cm³/mol. The van der Waals surface area contributed by atoms with Crippen LogP contribution in [0.15, 0.2) is 157 Å². The Morgan fingerprint density at radius 3 is 1.89 bits per heavy atom. The van der Waals surface area contributed by atoms with E-state index in [1.54, 1.807) is 0 Å². The van der Waals surface area contributed by atoms with Gasteiger partial charge in [-0.2, -0.15) is 0 Å². The zero-order valence-electron chi connectivity index (χ0n) is 26.5. The van der Waals surface area contributed by atoms with Crippen molar-refractivity contribution in [1.29, 1.82) is 0 Å². The summed E-state index contributed by atoms with van der Waals surface area (Å²) >= 11 is 0. The molecule has 0 heterocycles. The lowest BCUT2D eigenvalue weighted by atomic mass is 9.74. The van der Waals surface area contributed by atoms with Crippen LogP contribution in [0, 0.1) is 35.0 Å². The van der Waals surface area contributed by atoms with Gasteiger partial charge < -0.3 is 0 Å². The number of carbonyl (C=O) groups excluding carboxylic acids is 1. The van der Waals surface area contributed by atoms with Crippen molar-refractivity contribution in [2.24, 2.45) is 23.2 Å². The number of fused-ring (bicyclic) bond motifs is 1. The maximum absolute atomic E-state index is 14.9. The lowest BCUT2D eigenvalue weighted by molar-refractivity contribution is -0.108. The summed E-state index contributed by atoms with van der Waals surface area (Å²) in [6, 6.07) is 38.8. The van der Waals surface area contributed by atoms with Crippen LogP contribution in [0.5, 0.6) is 0 Å². The van der Waals surface area contributed by atoms with Crippen LogP contribution >= 0.6 is 0 Å². The highest BCUT2D eigenvalue weighted by molar-refractivity contribution is 6.52. The first-order valence-electron chi connectivity index (χ1n) is 16.4. The molecule has 0 bridgehead atoms. The Balaban J connectivity index is 1.46. The Hall–Kier alpha value is -5.19. The average molecular weight is 595 g/mol. The molecule has 4 atom stereocenters. The van der Waals surface area contributed by atoms with Gasteiger partial charge in [-0.25, -0.2) is 0 Å². The van der Waals surface area contributed by atoms with E-state index in [1.165, 1.54) is 6.42 Å².